The number of thioether (sulfide) groups is 1. The number of nitriles is 1. The lowest BCUT2D eigenvalue weighted by molar-refractivity contribution is 0.659. The molecule has 0 N–H and O–H groups in total. The second-order valence-electron chi connectivity index (χ2n) is 3.34. The van der Waals surface area contributed by atoms with Crippen molar-refractivity contribution in [1.29, 1.82) is 5.26 Å². The Morgan fingerprint density at radius 3 is 2.64 bits per heavy atom. The Balaban J connectivity index is 2.44. The van der Waals surface area contributed by atoms with Crippen molar-refractivity contribution in [3.8, 4) is 5.40 Å². The van der Waals surface area contributed by atoms with Crippen molar-refractivity contribution in [2.75, 3.05) is 5.75 Å². The van der Waals surface area contributed by atoms with Crippen LogP contribution in [0.2, 0.25) is 5.02 Å². The van der Waals surface area contributed by atoms with Crippen LogP contribution in [0.1, 0.15) is 12.5 Å². The van der Waals surface area contributed by atoms with Gasteiger partial charge >= 0.3 is 0 Å². The summed E-state index contributed by atoms with van der Waals surface area (Å²) in [5.41, 5.74) is 1.28. The maximum absolute atomic E-state index is 8.41. The van der Waals surface area contributed by atoms with Crippen LogP contribution in [0.5, 0.6) is 0 Å². The van der Waals surface area contributed by atoms with Gasteiger partial charge in [-0.15, -0.1) is 0 Å². The van der Waals surface area contributed by atoms with Crippen LogP contribution in [0.15, 0.2) is 24.3 Å². The fourth-order valence-corrected chi connectivity index (χ4v) is 1.86. The first-order valence-corrected chi connectivity index (χ1v) is 5.84. The fourth-order valence-electron chi connectivity index (χ4n) is 1.26. The summed E-state index contributed by atoms with van der Waals surface area (Å²) in [6, 6.07) is 7.88. The van der Waals surface area contributed by atoms with Crippen molar-refractivity contribution in [2.24, 2.45) is 5.92 Å². The SMILES string of the molecule is CC(CSC#N)Cc1ccc(Cl)cc1. The number of benzene rings is 1. The van der Waals surface area contributed by atoms with Gasteiger partial charge in [0.15, 0.2) is 0 Å². The molecule has 1 nitrogen and oxygen atoms in total. The highest BCUT2D eigenvalue weighted by atomic mass is 35.5. The smallest absolute Gasteiger partial charge is 0.133 e. The second-order valence-corrected chi connectivity index (χ2v) is 4.58. The molecule has 0 bridgehead atoms. The molecule has 0 aliphatic rings. The van der Waals surface area contributed by atoms with Crippen LogP contribution >= 0.6 is 23.4 Å². The molecule has 14 heavy (non-hydrogen) atoms. The highest BCUT2D eigenvalue weighted by Crippen LogP contribution is 2.15. The normalized spacial score (nSPS) is 12.1. The standard InChI is InChI=1S/C11H12ClNS/c1-9(7-14-8-13)6-10-2-4-11(12)5-3-10/h2-5,9H,6-7H2,1H3. The summed E-state index contributed by atoms with van der Waals surface area (Å²) in [5, 5.41) is 11.3. The van der Waals surface area contributed by atoms with Crippen molar-refractivity contribution in [2.45, 2.75) is 13.3 Å². The average Bonchev–Trinajstić information content (AvgIpc) is 2.18. The number of nitrogens with zero attached hydrogens (tertiary/aromatic N) is 1. The quantitative estimate of drug-likeness (QED) is 0.729. The van der Waals surface area contributed by atoms with Crippen LogP contribution in [0.3, 0.4) is 0 Å². The molecule has 0 heterocycles. The molecule has 0 amide bonds. The predicted octanol–water partition coefficient (Wildman–Crippen LogP) is 3.73. The third-order valence-corrected chi connectivity index (χ3v) is 3.05. The van der Waals surface area contributed by atoms with E-state index in [0.29, 0.717) is 5.92 Å². The molecule has 1 aromatic carbocycles. The summed E-state index contributed by atoms with van der Waals surface area (Å²) in [5.74, 6) is 1.42. The van der Waals surface area contributed by atoms with E-state index < -0.39 is 0 Å². The molecular formula is C11H12ClNS. The lowest BCUT2D eigenvalue weighted by Gasteiger charge is -2.08. The van der Waals surface area contributed by atoms with E-state index in [4.69, 9.17) is 16.9 Å². The van der Waals surface area contributed by atoms with Crippen LogP contribution < -0.4 is 0 Å². The molecule has 1 rings (SSSR count). The first-order valence-electron chi connectivity index (χ1n) is 4.47. The summed E-state index contributed by atoms with van der Waals surface area (Å²) in [6.07, 6.45) is 1.01. The maximum Gasteiger partial charge on any atom is 0.133 e. The molecule has 3 heteroatoms. The van der Waals surface area contributed by atoms with Gasteiger partial charge in [0.2, 0.25) is 0 Å². The summed E-state index contributed by atoms with van der Waals surface area (Å²) < 4.78 is 0. The van der Waals surface area contributed by atoms with Crippen molar-refractivity contribution in [3.63, 3.8) is 0 Å². The van der Waals surface area contributed by atoms with Crippen LogP contribution in [-0.2, 0) is 6.42 Å². The minimum absolute atomic E-state index is 0.529. The predicted molar refractivity (Wildman–Crippen MR) is 62.4 cm³/mol. The Bertz CT molecular complexity index is 315. The van der Waals surface area contributed by atoms with Gasteiger partial charge in [0.05, 0.1) is 0 Å². The largest absolute Gasteiger partial charge is 0.185 e. The van der Waals surface area contributed by atoms with Gasteiger partial charge < -0.3 is 0 Å². The van der Waals surface area contributed by atoms with Gasteiger partial charge in [-0.25, -0.2) is 0 Å². The fraction of sp³-hybridized carbons (Fsp3) is 0.364. The first kappa shape index (κ1) is 11.4. The Morgan fingerprint density at radius 2 is 2.07 bits per heavy atom. The summed E-state index contributed by atoms with van der Waals surface area (Å²) in [6.45, 7) is 2.15. The Hall–Kier alpha value is -0.650. The minimum atomic E-state index is 0.529. The van der Waals surface area contributed by atoms with Crippen molar-refractivity contribution < 1.29 is 0 Å². The minimum Gasteiger partial charge on any atom is -0.185 e. The molecule has 1 aromatic rings. The molecule has 0 aliphatic heterocycles. The van der Waals surface area contributed by atoms with Gasteiger partial charge in [0, 0.05) is 10.8 Å². The number of halogens is 1. The molecule has 0 saturated carbocycles. The summed E-state index contributed by atoms with van der Waals surface area (Å²) in [4.78, 5) is 0. The lowest BCUT2D eigenvalue weighted by atomic mass is 10.0. The Kier molecular flexibility index (Phi) is 4.86. The van der Waals surface area contributed by atoms with Gasteiger partial charge in [-0.3, -0.25) is 0 Å². The van der Waals surface area contributed by atoms with Gasteiger partial charge in [0.25, 0.3) is 0 Å². The number of hydrogen-bond donors (Lipinski definition) is 0. The van der Waals surface area contributed by atoms with Crippen molar-refractivity contribution in [3.05, 3.63) is 34.9 Å². The average molecular weight is 226 g/mol. The van der Waals surface area contributed by atoms with E-state index in [9.17, 15) is 0 Å². The van der Waals surface area contributed by atoms with Crippen molar-refractivity contribution >= 4 is 23.4 Å². The highest BCUT2D eigenvalue weighted by molar-refractivity contribution is 8.03. The van der Waals surface area contributed by atoms with Gasteiger partial charge in [0.1, 0.15) is 5.40 Å². The van der Waals surface area contributed by atoms with Gasteiger partial charge in [-0.2, -0.15) is 5.26 Å². The first-order chi connectivity index (χ1) is 6.72. The van der Waals surface area contributed by atoms with Crippen LogP contribution in [-0.4, -0.2) is 5.75 Å². The summed E-state index contributed by atoms with van der Waals surface area (Å²) >= 11 is 7.10. The molecule has 0 radical (unpaired) electrons. The van der Waals surface area contributed by atoms with Crippen LogP contribution in [0, 0.1) is 16.6 Å². The molecule has 0 aliphatic carbocycles. The topological polar surface area (TPSA) is 23.8 Å². The van der Waals surface area contributed by atoms with E-state index >= 15 is 0 Å². The van der Waals surface area contributed by atoms with E-state index in [-0.39, 0.29) is 0 Å². The molecule has 1 unspecified atom stereocenters. The number of rotatable bonds is 4. The van der Waals surface area contributed by atoms with E-state index in [1.807, 2.05) is 24.3 Å². The number of hydrogen-bond acceptors (Lipinski definition) is 2. The van der Waals surface area contributed by atoms with Crippen molar-refractivity contribution in [1.82, 2.24) is 0 Å². The van der Waals surface area contributed by atoms with Gasteiger partial charge in [-0.05, 0) is 41.8 Å². The monoisotopic (exact) mass is 225 g/mol. The van der Waals surface area contributed by atoms with E-state index in [0.717, 1.165) is 17.2 Å². The zero-order valence-electron chi connectivity index (χ0n) is 8.03. The Labute approximate surface area is 94.1 Å². The molecule has 0 spiro atoms. The Morgan fingerprint density at radius 1 is 1.43 bits per heavy atom. The second kappa shape index (κ2) is 5.95. The van der Waals surface area contributed by atoms with E-state index in [1.54, 1.807) is 0 Å². The zero-order valence-corrected chi connectivity index (χ0v) is 9.61. The molecule has 74 valence electrons. The lowest BCUT2D eigenvalue weighted by Crippen LogP contribution is -2.01. The molecule has 0 saturated heterocycles. The summed E-state index contributed by atoms with van der Waals surface area (Å²) in [7, 11) is 0. The third-order valence-electron chi connectivity index (χ3n) is 1.93. The highest BCUT2D eigenvalue weighted by Gasteiger charge is 2.03. The maximum atomic E-state index is 8.41. The third kappa shape index (κ3) is 4.04. The molecule has 0 fully saturated rings. The van der Waals surface area contributed by atoms with E-state index in [1.165, 1.54) is 17.3 Å². The van der Waals surface area contributed by atoms with Crippen LogP contribution in [0.4, 0.5) is 0 Å². The van der Waals surface area contributed by atoms with Gasteiger partial charge in [-0.1, -0.05) is 30.7 Å². The van der Waals surface area contributed by atoms with Crippen LogP contribution in [0.25, 0.3) is 0 Å². The molecule has 1 atom stereocenters. The zero-order chi connectivity index (χ0) is 10.4. The molecule has 0 aromatic heterocycles. The van der Waals surface area contributed by atoms with E-state index in [2.05, 4.69) is 12.3 Å². The number of thiocyanates is 1. The molecular weight excluding hydrogens is 214 g/mol.